The van der Waals surface area contributed by atoms with Gasteiger partial charge in [-0.2, -0.15) is 0 Å². The van der Waals surface area contributed by atoms with Gasteiger partial charge < -0.3 is 15.1 Å². The summed E-state index contributed by atoms with van der Waals surface area (Å²) in [5, 5.41) is 16.9. The molecule has 30 heavy (non-hydrogen) atoms. The average molecular weight is 428 g/mol. The van der Waals surface area contributed by atoms with Crippen LogP contribution in [-0.2, 0) is 6.42 Å². The standard InChI is InChI=1S/C20H21FN6O2S/c21-15-3-5-16(6-4-15)25-9-11-26(12-10-25)20-18(27(28)29)19(23-14-24-20)22-8-7-17-2-1-13-30-17/h1-6,13-14H,7-12H2,(H,22,23,24). The SMILES string of the molecule is O=[N+]([O-])c1c(NCCc2cccs2)ncnc1N1CCN(c2ccc(F)cc2)CC1. The largest absolute Gasteiger partial charge is 0.368 e. The molecule has 156 valence electrons. The number of halogens is 1. The zero-order valence-electron chi connectivity index (χ0n) is 16.2. The summed E-state index contributed by atoms with van der Waals surface area (Å²) in [6.45, 7) is 3.02. The van der Waals surface area contributed by atoms with Gasteiger partial charge in [-0.15, -0.1) is 11.3 Å². The van der Waals surface area contributed by atoms with E-state index in [9.17, 15) is 14.5 Å². The zero-order valence-corrected chi connectivity index (χ0v) is 17.0. The molecule has 0 saturated carbocycles. The summed E-state index contributed by atoms with van der Waals surface area (Å²) in [4.78, 5) is 25.0. The van der Waals surface area contributed by atoms with Crippen molar-refractivity contribution in [2.45, 2.75) is 6.42 Å². The van der Waals surface area contributed by atoms with Gasteiger partial charge in [0.1, 0.15) is 12.1 Å². The molecule has 1 N–H and O–H groups in total. The predicted molar refractivity (Wildman–Crippen MR) is 116 cm³/mol. The van der Waals surface area contributed by atoms with Crippen LogP contribution in [0, 0.1) is 15.9 Å². The average Bonchev–Trinajstić information content (AvgIpc) is 3.28. The van der Waals surface area contributed by atoms with E-state index in [-0.39, 0.29) is 17.3 Å². The maximum Gasteiger partial charge on any atom is 0.353 e. The first kappa shape index (κ1) is 20.0. The molecule has 0 unspecified atom stereocenters. The fourth-order valence-electron chi connectivity index (χ4n) is 3.49. The summed E-state index contributed by atoms with van der Waals surface area (Å²) in [7, 11) is 0. The van der Waals surface area contributed by atoms with Crippen LogP contribution in [0.1, 0.15) is 4.88 Å². The Labute approximate surface area is 177 Å². The predicted octanol–water partition coefficient (Wildman–Crippen LogP) is 3.57. The molecule has 1 aromatic carbocycles. The van der Waals surface area contributed by atoms with Crippen molar-refractivity contribution < 1.29 is 9.31 Å². The van der Waals surface area contributed by atoms with E-state index in [0.29, 0.717) is 38.5 Å². The van der Waals surface area contributed by atoms with E-state index in [2.05, 4.69) is 20.2 Å². The summed E-state index contributed by atoms with van der Waals surface area (Å²) in [5.41, 5.74) is 0.836. The van der Waals surface area contributed by atoms with E-state index in [4.69, 9.17) is 0 Å². The highest BCUT2D eigenvalue weighted by molar-refractivity contribution is 7.09. The molecule has 0 amide bonds. The Morgan fingerprint density at radius 2 is 1.83 bits per heavy atom. The van der Waals surface area contributed by atoms with Crippen molar-refractivity contribution in [2.24, 2.45) is 0 Å². The van der Waals surface area contributed by atoms with Crippen LogP contribution in [0.3, 0.4) is 0 Å². The van der Waals surface area contributed by atoms with Gasteiger partial charge in [0, 0.05) is 43.3 Å². The summed E-state index contributed by atoms with van der Waals surface area (Å²) in [5.74, 6) is 0.294. The van der Waals surface area contributed by atoms with E-state index in [1.807, 2.05) is 22.4 Å². The van der Waals surface area contributed by atoms with Crippen LogP contribution in [0.15, 0.2) is 48.1 Å². The van der Waals surface area contributed by atoms with Crippen molar-refractivity contribution in [2.75, 3.05) is 47.8 Å². The lowest BCUT2D eigenvalue weighted by atomic mass is 10.2. The number of hydrogen-bond acceptors (Lipinski definition) is 8. The Balaban J connectivity index is 1.45. The van der Waals surface area contributed by atoms with Gasteiger partial charge in [0.2, 0.25) is 11.6 Å². The van der Waals surface area contributed by atoms with Crippen LogP contribution in [0.2, 0.25) is 0 Å². The Morgan fingerprint density at radius 1 is 1.10 bits per heavy atom. The topological polar surface area (TPSA) is 87.4 Å². The quantitative estimate of drug-likeness (QED) is 0.455. The van der Waals surface area contributed by atoms with Crippen molar-refractivity contribution in [1.29, 1.82) is 0 Å². The first-order valence-electron chi connectivity index (χ1n) is 9.63. The van der Waals surface area contributed by atoms with Crippen LogP contribution in [-0.4, -0.2) is 47.6 Å². The molecule has 1 fully saturated rings. The van der Waals surface area contributed by atoms with Gasteiger partial charge in [-0.1, -0.05) is 6.07 Å². The Bertz CT molecular complexity index is 991. The van der Waals surface area contributed by atoms with E-state index in [1.165, 1.54) is 23.3 Å². The van der Waals surface area contributed by atoms with Crippen molar-refractivity contribution in [3.8, 4) is 0 Å². The number of nitrogens with zero attached hydrogens (tertiary/aromatic N) is 5. The van der Waals surface area contributed by atoms with E-state index < -0.39 is 4.92 Å². The second-order valence-electron chi connectivity index (χ2n) is 6.86. The van der Waals surface area contributed by atoms with Crippen molar-refractivity contribution in [3.05, 3.63) is 68.9 Å². The molecule has 10 heteroatoms. The molecule has 2 aromatic heterocycles. The molecule has 0 aliphatic carbocycles. The highest BCUT2D eigenvalue weighted by Gasteiger charge is 2.29. The minimum absolute atomic E-state index is 0.0982. The van der Waals surface area contributed by atoms with Gasteiger partial charge in [-0.25, -0.2) is 14.4 Å². The van der Waals surface area contributed by atoms with E-state index >= 15 is 0 Å². The van der Waals surface area contributed by atoms with Gasteiger partial charge >= 0.3 is 5.69 Å². The number of benzene rings is 1. The number of rotatable bonds is 7. The maximum absolute atomic E-state index is 13.2. The van der Waals surface area contributed by atoms with E-state index in [1.54, 1.807) is 23.5 Å². The third kappa shape index (κ3) is 4.48. The molecule has 8 nitrogen and oxygen atoms in total. The normalized spacial score (nSPS) is 14.0. The van der Waals surface area contributed by atoms with Crippen molar-refractivity contribution in [1.82, 2.24) is 9.97 Å². The third-order valence-corrected chi connectivity index (χ3v) is 5.94. The minimum Gasteiger partial charge on any atom is -0.368 e. The highest BCUT2D eigenvalue weighted by atomic mass is 32.1. The van der Waals surface area contributed by atoms with Crippen LogP contribution >= 0.6 is 11.3 Å². The first-order chi connectivity index (χ1) is 14.6. The lowest BCUT2D eigenvalue weighted by Gasteiger charge is -2.36. The third-order valence-electron chi connectivity index (χ3n) is 5.00. The number of nitrogens with one attached hydrogen (secondary N) is 1. The molecule has 0 atom stereocenters. The Kier molecular flexibility index (Phi) is 6.03. The molecular formula is C20H21FN6O2S. The highest BCUT2D eigenvalue weighted by Crippen LogP contribution is 2.32. The second kappa shape index (κ2) is 9.04. The Morgan fingerprint density at radius 3 is 2.50 bits per heavy atom. The monoisotopic (exact) mass is 428 g/mol. The molecule has 1 saturated heterocycles. The molecule has 3 heterocycles. The number of anilines is 3. The summed E-state index contributed by atoms with van der Waals surface area (Å²) in [6.07, 6.45) is 2.13. The number of nitro groups is 1. The molecule has 0 radical (unpaired) electrons. The lowest BCUT2D eigenvalue weighted by molar-refractivity contribution is -0.383. The van der Waals surface area contributed by atoms with Crippen LogP contribution < -0.4 is 15.1 Å². The Hall–Kier alpha value is -3.27. The molecule has 0 spiro atoms. The van der Waals surface area contributed by atoms with E-state index in [0.717, 1.165) is 12.1 Å². The minimum atomic E-state index is -0.421. The van der Waals surface area contributed by atoms with Crippen LogP contribution in [0.5, 0.6) is 0 Å². The fraction of sp³-hybridized carbons (Fsp3) is 0.300. The number of thiophene rings is 1. The number of piperazine rings is 1. The van der Waals surface area contributed by atoms with Gasteiger partial charge in [0.25, 0.3) is 0 Å². The van der Waals surface area contributed by atoms with Crippen LogP contribution in [0.25, 0.3) is 0 Å². The van der Waals surface area contributed by atoms with Gasteiger partial charge in [0.15, 0.2) is 0 Å². The smallest absolute Gasteiger partial charge is 0.353 e. The molecule has 3 aromatic rings. The molecular weight excluding hydrogens is 407 g/mol. The summed E-state index contributed by atoms with van der Waals surface area (Å²) >= 11 is 1.65. The van der Waals surface area contributed by atoms with Gasteiger partial charge in [-0.3, -0.25) is 10.1 Å². The first-order valence-corrected chi connectivity index (χ1v) is 10.5. The van der Waals surface area contributed by atoms with Gasteiger partial charge in [0.05, 0.1) is 4.92 Å². The van der Waals surface area contributed by atoms with Crippen LogP contribution in [0.4, 0.5) is 27.4 Å². The molecule has 0 bridgehead atoms. The summed E-state index contributed by atoms with van der Waals surface area (Å²) < 4.78 is 13.2. The molecule has 1 aliphatic heterocycles. The fourth-order valence-corrected chi connectivity index (χ4v) is 4.19. The summed E-state index contributed by atoms with van der Waals surface area (Å²) in [6, 6.07) is 10.4. The van der Waals surface area contributed by atoms with Crippen molar-refractivity contribution >= 4 is 34.3 Å². The number of hydrogen-bond donors (Lipinski definition) is 1. The maximum atomic E-state index is 13.2. The molecule has 1 aliphatic rings. The number of aromatic nitrogens is 2. The lowest BCUT2D eigenvalue weighted by Crippen LogP contribution is -2.47. The second-order valence-corrected chi connectivity index (χ2v) is 7.89. The van der Waals surface area contributed by atoms with Gasteiger partial charge in [-0.05, 0) is 42.1 Å². The zero-order chi connectivity index (χ0) is 20.9. The van der Waals surface area contributed by atoms with Crippen molar-refractivity contribution in [3.63, 3.8) is 0 Å². The molecule has 4 rings (SSSR count).